The second-order valence-electron chi connectivity index (χ2n) is 11.9. The number of benzene rings is 2. The summed E-state index contributed by atoms with van der Waals surface area (Å²) in [6.07, 6.45) is 17.0. The van der Waals surface area contributed by atoms with Gasteiger partial charge in [0.1, 0.15) is 0 Å². The van der Waals surface area contributed by atoms with E-state index in [0.29, 0.717) is 11.8 Å². The van der Waals surface area contributed by atoms with Gasteiger partial charge in [0, 0.05) is 39.5 Å². The maximum absolute atomic E-state index is 6.22. The van der Waals surface area contributed by atoms with Gasteiger partial charge in [-0.05, 0) is 122 Å². The number of hydrogen-bond acceptors (Lipinski definition) is 4. The molecule has 2 aromatic carbocycles. The van der Waals surface area contributed by atoms with E-state index in [0.717, 1.165) is 54.8 Å². The first kappa shape index (κ1) is 31.4. The van der Waals surface area contributed by atoms with Gasteiger partial charge in [-0.2, -0.15) is 0 Å². The number of pyridine rings is 2. The highest BCUT2D eigenvalue weighted by Crippen LogP contribution is 2.42. The Morgan fingerprint density at radius 2 is 1.27 bits per heavy atom. The van der Waals surface area contributed by atoms with E-state index in [1.165, 1.54) is 63.1 Å². The number of aromatic nitrogens is 2. The summed E-state index contributed by atoms with van der Waals surface area (Å²) in [4.78, 5) is 9.45. The molecular weight excluding hydrogens is 595 g/mol. The van der Waals surface area contributed by atoms with Crippen LogP contribution in [0.1, 0.15) is 83.8 Å². The van der Waals surface area contributed by atoms with Crippen LogP contribution in [0.15, 0.2) is 78.6 Å². The first-order chi connectivity index (χ1) is 21.7. The lowest BCUT2D eigenvalue weighted by molar-refractivity contribution is 0.339. The first-order valence-corrected chi connectivity index (χ1v) is 16.4. The standard InChI is InChI=1S/C19H19ClN2.C19H17ClN2.CH4/c2*20-16-5-6-17-15(12-16)4-3-14-2-1-9-22-19(14)18(17)13-7-10-21-11-8-13;/h1-6,9,12-13,18,21H,7-8,10-11H2;1-6,9,12,21H,7-8,10-11H2;1H4. The van der Waals surface area contributed by atoms with Gasteiger partial charge in [0.05, 0.1) is 11.4 Å². The van der Waals surface area contributed by atoms with E-state index in [1.807, 2.05) is 42.7 Å². The third-order valence-corrected chi connectivity index (χ3v) is 9.68. The van der Waals surface area contributed by atoms with Crippen LogP contribution in [0.25, 0.3) is 29.9 Å². The van der Waals surface area contributed by atoms with Crippen molar-refractivity contribution in [2.24, 2.45) is 5.92 Å². The quantitative estimate of drug-likeness (QED) is 0.193. The molecular formula is C39H40Cl2N4. The molecule has 0 spiro atoms. The molecule has 2 fully saturated rings. The average Bonchev–Trinajstić information content (AvgIpc) is 3.33. The first-order valence-electron chi connectivity index (χ1n) is 15.6. The number of nitrogens with one attached hydrogen (secondary N) is 2. The van der Waals surface area contributed by atoms with Gasteiger partial charge in [0.2, 0.25) is 0 Å². The van der Waals surface area contributed by atoms with Crippen molar-refractivity contribution in [3.05, 3.63) is 133 Å². The summed E-state index contributed by atoms with van der Waals surface area (Å²) in [7, 11) is 0. The Morgan fingerprint density at radius 1 is 0.644 bits per heavy atom. The highest BCUT2D eigenvalue weighted by atomic mass is 35.5. The van der Waals surface area contributed by atoms with Crippen molar-refractivity contribution in [3.63, 3.8) is 0 Å². The number of fused-ring (bicyclic) bond motifs is 4. The molecule has 4 aromatic rings. The minimum Gasteiger partial charge on any atom is -0.317 e. The van der Waals surface area contributed by atoms with Crippen LogP contribution in [0.5, 0.6) is 0 Å². The summed E-state index contributed by atoms with van der Waals surface area (Å²) in [5.41, 5.74) is 12.5. The summed E-state index contributed by atoms with van der Waals surface area (Å²) in [6, 6.07) is 20.7. The molecule has 230 valence electrons. The average molecular weight is 636 g/mol. The Bertz CT molecular complexity index is 1760. The molecule has 2 aliphatic heterocycles. The Hall–Kier alpha value is -3.54. The van der Waals surface area contributed by atoms with Gasteiger partial charge in [0.15, 0.2) is 0 Å². The minimum absolute atomic E-state index is 0. The number of piperidine rings is 2. The van der Waals surface area contributed by atoms with Crippen molar-refractivity contribution in [2.45, 2.75) is 39.0 Å². The molecule has 4 aliphatic rings. The summed E-state index contributed by atoms with van der Waals surface area (Å²) < 4.78 is 0. The van der Waals surface area contributed by atoms with E-state index >= 15 is 0 Å². The second-order valence-corrected chi connectivity index (χ2v) is 12.8. The maximum Gasteiger partial charge on any atom is 0.0780 e. The summed E-state index contributed by atoms with van der Waals surface area (Å²) in [6.45, 7) is 4.27. The molecule has 2 aromatic heterocycles. The third-order valence-electron chi connectivity index (χ3n) is 9.21. The zero-order chi connectivity index (χ0) is 29.9. The second kappa shape index (κ2) is 14.3. The molecule has 2 saturated heterocycles. The van der Waals surface area contributed by atoms with Gasteiger partial charge in [-0.25, -0.2) is 0 Å². The monoisotopic (exact) mass is 634 g/mol. The fourth-order valence-electron chi connectivity index (χ4n) is 7.09. The summed E-state index contributed by atoms with van der Waals surface area (Å²) in [5, 5.41) is 8.48. The fourth-order valence-corrected chi connectivity index (χ4v) is 7.45. The van der Waals surface area contributed by atoms with E-state index < -0.39 is 0 Å². The summed E-state index contributed by atoms with van der Waals surface area (Å²) >= 11 is 12.4. The number of rotatable bonds is 1. The molecule has 2 N–H and O–H groups in total. The predicted octanol–water partition coefficient (Wildman–Crippen LogP) is 9.39. The van der Waals surface area contributed by atoms with Crippen LogP contribution >= 0.6 is 23.2 Å². The van der Waals surface area contributed by atoms with E-state index in [1.54, 1.807) is 0 Å². The summed E-state index contributed by atoms with van der Waals surface area (Å²) in [5.74, 6) is 0.996. The van der Waals surface area contributed by atoms with Crippen molar-refractivity contribution in [1.29, 1.82) is 0 Å². The highest BCUT2D eigenvalue weighted by Gasteiger charge is 2.31. The lowest BCUT2D eigenvalue weighted by atomic mass is 9.76. The zero-order valence-electron chi connectivity index (χ0n) is 24.7. The number of nitrogens with zero attached hydrogens (tertiary/aromatic N) is 2. The zero-order valence-corrected chi connectivity index (χ0v) is 26.2. The molecule has 45 heavy (non-hydrogen) atoms. The van der Waals surface area contributed by atoms with Crippen LogP contribution in [-0.4, -0.2) is 36.1 Å². The van der Waals surface area contributed by atoms with Crippen LogP contribution < -0.4 is 10.6 Å². The topological polar surface area (TPSA) is 49.8 Å². The Balaban J connectivity index is 0.000000155. The molecule has 0 saturated carbocycles. The van der Waals surface area contributed by atoms with Crippen molar-refractivity contribution in [2.75, 3.05) is 26.2 Å². The molecule has 1 unspecified atom stereocenters. The van der Waals surface area contributed by atoms with Gasteiger partial charge >= 0.3 is 0 Å². The Kier molecular flexibility index (Phi) is 9.97. The molecule has 0 amide bonds. The van der Waals surface area contributed by atoms with Crippen molar-refractivity contribution in [1.82, 2.24) is 20.6 Å². The highest BCUT2D eigenvalue weighted by molar-refractivity contribution is 6.31. The largest absolute Gasteiger partial charge is 0.317 e. The molecule has 1 atom stereocenters. The van der Waals surface area contributed by atoms with Crippen LogP contribution in [0.2, 0.25) is 10.0 Å². The SMILES string of the molecule is C.Clc1ccc2c(c1)C=Cc1cccnc1C2=C1CCNCC1.Clc1ccc2c(c1)C=Cc1cccnc1C2C1CCNCC1. The lowest BCUT2D eigenvalue weighted by Gasteiger charge is -2.31. The van der Waals surface area contributed by atoms with E-state index in [9.17, 15) is 0 Å². The fraction of sp³-hybridized carbons (Fsp3) is 0.282. The normalized spacial score (nSPS) is 18.6. The molecule has 0 radical (unpaired) electrons. The van der Waals surface area contributed by atoms with Gasteiger partial charge in [-0.3, -0.25) is 9.97 Å². The molecule has 6 heteroatoms. The van der Waals surface area contributed by atoms with Gasteiger partial charge < -0.3 is 10.6 Å². The van der Waals surface area contributed by atoms with Gasteiger partial charge in [0.25, 0.3) is 0 Å². The van der Waals surface area contributed by atoms with E-state index in [-0.39, 0.29) is 7.43 Å². The van der Waals surface area contributed by atoms with E-state index in [4.69, 9.17) is 33.2 Å². The van der Waals surface area contributed by atoms with Gasteiger partial charge in [-0.1, -0.05) is 84.8 Å². The van der Waals surface area contributed by atoms with Crippen LogP contribution in [0.4, 0.5) is 0 Å². The minimum atomic E-state index is 0. The molecule has 0 bridgehead atoms. The molecule has 8 rings (SSSR count). The van der Waals surface area contributed by atoms with Crippen molar-refractivity contribution in [3.8, 4) is 0 Å². The number of halogens is 2. The van der Waals surface area contributed by atoms with Crippen LogP contribution in [-0.2, 0) is 0 Å². The van der Waals surface area contributed by atoms with Gasteiger partial charge in [-0.15, -0.1) is 0 Å². The van der Waals surface area contributed by atoms with Crippen LogP contribution in [0, 0.1) is 5.92 Å². The Labute approximate surface area is 277 Å². The molecule has 4 nitrogen and oxygen atoms in total. The molecule has 2 aliphatic carbocycles. The van der Waals surface area contributed by atoms with Crippen molar-refractivity contribution >= 4 is 53.1 Å². The van der Waals surface area contributed by atoms with E-state index in [2.05, 4.69) is 65.3 Å². The predicted molar refractivity (Wildman–Crippen MR) is 192 cm³/mol. The molecule has 4 heterocycles. The third kappa shape index (κ3) is 6.71. The van der Waals surface area contributed by atoms with Crippen molar-refractivity contribution < 1.29 is 0 Å². The number of hydrogen-bond donors (Lipinski definition) is 2. The Morgan fingerprint density at radius 3 is 2.07 bits per heavy atom. The lowest BCUT2D eigenvalue weighted by Crippen LogP contribution is -2.31. The van der Waals surface area contributed by atoms with Crippen LogP contribution in [0.3, 0.4) is 0 Å². The maximum atomic E-state index is 6.22. The smallest absolute Gasteiger partial charge is 0.0780 e.